The summed E-state index contributed by atoms with van der Waals surface area (Å²) in [5.74, 6) is -0.0137. The van der Waals surface area contributed by atoms with E-state index in [1.165, 1.54) is 28.6 Å². The standard InChI is InChI=1S/C15H18ClN3O3S/c16-9-15(20)18-11-13-5-7-19(8-6-13)23(21,22)14-3-1-12(10-17)2-4-14/h1-4,13H,5-9,11H2,(H,18,20). The van der Waals surface area contributed by atoms with Gasteiger partial charge >= 0.3 is 0 Å². The van der Waals surface area contributed by atoms with Crippen LogP contribution in [0.2, 0.25) is 0 Å². The number of nitrogens with zero attached hydrogens (tertiary/aromatic N) is 2. The van der Waals surface area contributed by atoms with E-state index < -0.39 is 10.0 Å². The predicted molar refractivity (Wildman–Crippen MR) is 86.4 cm³/mol. The number of amides is 1. The second kappa shape index (κ2) is 7.77. The molecule has 2 rings (SSSR count). The molecule has 0 saturated carbocycles. The number of halogens is 1. The third-order valence-corrected chi connectivity index (χ3v) is 6.06. The van der Waals surface area contributed by atoms with Gasteiger partial charge in [0, 0.05) is 19.6 Å². The van der Waals surface area contributed by atoms with Crippen LogP contribution in [0.4, 0.5) is 0 Å². The highest BCUT2D eigenvalue weighted by molar-refractivity contribution is 7.89. The number of benzene rings is 1. The Labute approximate surface area is 141 Å². The number of carbonyl (C=O) groups excluding carboxylic acids is 1. The summed E-state index contributed by atoms with van der Waals surface area (Å²) < 4.78 is 26.6. The lowest BCUT2D eigenvalue weighted by molar-refractivity contribution is -0.118. The molecule has 124 valence electrons. The van der Waals surface area contributed by atoms with Gasteiger partial charge in [0.05, 0.1) is 16.5 Å². The minimum atomic E-state index is -3.53. The molecule has 23 heavy (non-hydrogen) atoms. The monoisotopic (exact) mass is 355 g/mol. The van der Waals surface area contributed by atoms with Gasteiger partial charge in [-0.1, -0.05) is 0 Å². The molecule has 0 spiro atoms. The fourth-order valence-corrected chi connectivity index (χ4v) is 4.07. The van der Waals surface area contributed by atoms with Crippen molar-refractivity contribution in [2.75, 3.05) is 25.5 Å². The van der Waals surface area contributed by atoms with E-state index in [9.17, 15) is 13.2 Å². The summed E-state index contributed by atoms with van der Waals surface area (Å²) in [6.45, 7) is 1.36. The van der Waals surface area contributed by atoms with Crippen molar-refractivity contribution in [2.24, 2.45) is 5.92 Å². The maximum absolute atomic E-state index is 12.6. The molecule has 1 heterocycles. The van der Waals surface area contributed by atoms with Crippen molar-refractivity contribution in [3.8, 4) is 6.07 Å². The van der Waals surface area contributed by atoms with Gasteiger partial charge in [-0.2, -0.15) is 9.57 Å². The zero-order valence-corrected chi connectivity index (χ0v) is 14.1. The minimum absolute atomic E-state index is 0.0636. The van der Waals surface area contributed by atoms with Gasteiger partial charge in [0.25, 0.3) is 0 Å². The Morgan fingerprint density at radius 2 is 1.91 bits per heavy atom. The molecule has 0 atom stereocenters. The maximum atomic E-state index is 12.6. The first-order valence-electron chi connectivity index (χ1n) is 7.30. The summed E-state index contributed by atoms with van der Waals surface area (Å²) in [5.41, 5.74) is 0.428. The number of hydrogen-bond donors (Lipinski definition) is 1. The van der Waals surface area contributed by atoms with Crippen molar-refractivity contribution in [1.29, 1.82) is 5.26 Å². The number of hydrogen-bond acceptors (Lipinski definition) is 4. The van der Waals surface area contributed by atoms with Gasteiger partial charge in [0.15, 0.2) is 0 Å². The van der Waals surface area contributed by atoms with Crippen LogP contribution in [-0.4, -0.2) is 44.1 Å². The van der Waals surface area contributed by atoms with Gasteiger partial charge in [-0.15, -0.1) is 11.6 Å². The maximum Gasteiger partial charge on any atom is 0.243 e. The molecule has 0 unspecified atom stereocenters. The Morgan fingerprint density at radius 1 is 1.30 bits per heavy atom. The Balaban J connectivity index is 1.95. The molecule has 0 aliphatic carbocycles. The summed E-state index contributed by atoms with van der Waals surface area (Å²) in [4.78, 5) is 11.3. The summed E-state index contributed by atoms with van der Waals surface area (Å²) in [6, 6.07) is 7.89. The van der Waals surface area contributed by atoms with Crippen LogP contribution in [0.15, 0.2) is 29.2 Å². The SMILES string of the molecule is N#Cc1ccc(S(=O)(=O)N2CCC(CNC(=O)CCl)CC2)cc1. The summed E-state index contributed by atoms with van der Waals surface area (Å²) in [7, 11) is -3.53. The first-order valence-corrected chi connectivity index (χ1v) is 9.28. The molecule has 1 fully saturated rings. The highest BCUT2D eigenvalue weighted by Gasteiger charge is 2.29. The second-order valence-corrected chi connectivity index (χ2v) is 7.63. The van der Waals surface area contributed by atoms with E-state index >= 15 is 0 Å². The van der Waals surface area contributed by atoms with Crippen LogP contribution in [0.3, 0.4) is 0 Å². The van der Waals surface area contributed by atoms with E-state index in [0.29, 0.717) is 38.0 Å². The van der Waals surface area contributed by atoms with E-state index in [1.807, 2.05) is 6.07 Å². The number of rotatable bonds is 5. The van der Waals surface area contributed by atoms with Crippen molar-refractivity contribution in [3.63, 3.8) is 0 Å². The molecule has 8 heteroatoms. The zero-order chi connectivity index (χ0) is 16.9. The molecule has 1 saturated heterocycles. The van der Waals surface area contributed by atoms with Crippen molar-refractivity contribution in [2.45, 2.75) is 17.7 Å². The highest BCUT2D eigenvalue weighted by Crippen LogP contribution is 2.23. The quantitative estimate of drug-likeness (QED) is 0.806. The lowest BCUT2D eigenvalue weighted by atomic mass is 9.98. The van der Waals surface area contributed by atoms with E-state index in [2.05, 4.69) is 5.32 Å². The number of nitriles is 1. The third kappa shape index (κ3) is 4.44. The smallest absolute Gasteiger partial charge is 0.243 e. The summed E-state index contributed by atoms with van der Waals surface area (Å²) >= 11 is 5.42. The van der Waals surface area contributed by atoms with Crippen LogP contribution in [0, 0.1) is 17.2 Å². The Hall–Kier alpha value is -1.62. The van der Waals surface area contributed by atoms with Gasteiger partial charge in [0.2, 0.25) is 15.9 Å². The molecule has 0 bridgehead atoms. The Kier molecular flexibility index (Phi) is 5.99. The first-order chi connectivity index (χ1) is 11.0. The van der Waals surface area contributed by atoms with Crippen LogP contribution < -0.4 is 5.32 Å². The summed E-state index contributed by atoms with van der Waals surface area (Å²) in [5, 5.41) is 11.5. The highest BCUT2D eigenvalue weighted by atomic mass is 35.5. The van der Waals surface area contributed by atoms with E-state index in [1.54, 1.807) is 0 Å². The second-order valence-electron chi connectivity index (χ2n) is 5.42. The van der Waals surface area contributed by atoms with Crippen LogP contribution in [0.1, 0.15) is 18.4 Å². The molecule has 1 amide bonds. The van der Waals surface area contributed by atoms with E-state index in [0.717, 1.165) is 0 Å². The van der Waals surface area contributed by atoms with Crippen molar-refractivity contribution >= 4 is 27.5 Å². The van der Waals surface area contributed by atoms with Gasteiger partial charge in [-0.25, -0.2) is 8.42 Å². The Morgan fingerprint density at radius 3 is 2.43 bits per heavy atom. The molecule has 6 nitrogen and oxygen atoms in total. The van der Waals surface area contributed by atoms with E-state index in [4.69, 9.17) is 16.9 Å². The molecule has 1 N–H and O–H groups in total. The molecular formula is C15H18ClN3O3S. The first kappa shape index (κ1) is 17.7. The normalized spacial score (nSPS) is 16.7. The van der Waals surface area contributed by atoms with Gasteiger partial charge in [0.1, 0.15) is 5.88 Å². The fraction of sp³-hybridized carbons (Fsp3) is 0.467. The van der Waals surface area contributed by atoms with E-state index in [-0.39, 0.29) is 22.6 Å². The van der Waals surface area contributed by atoms with Crippen LogP contribution in [-0.2, 0) is 14.8 Å². The molecule has 1 aliphatic heterocycles. The summed E-state index contributed by atoms with van der Waals surface area (Å²) in [6.07, 6.45) is 1.39. The molecule has 1 aliphatic rings. The molecule has 0 aromatic heterocycles. The van der Waals surface area contributed by atoms with Gasteiger partial charge < -0.3 is 5.32 Å². The van der Waals surface area contributed by atoms with Gasteiger partial charge in [-0.05, 0) is 43.0 Å². The predicted octanol–water partition coefficient (Wildman–Crippen LogP) is 1.31. The number of sulfonamides is 1. The van der Waals surface area contributed by atoms with Crippen LogP contribution in [0.25, 0.3) is 0 Å². The molecule has 0 radical (unpaired) electrons. The average Bonchev–Trinajstić information content (AvgIpc) is 2.60. The fourth-order valence-electron chi connectivity index (χ4n) is 2.51. The van der Waals surface area contributed by atoms with Crippen LogP contribution >= 0.6 is 11.6 Å². The van der Waals surface area contributed by atoms with Crippen molar-refractivity contribution in [1.82, 2.24) is 9.62 Å². The molecule has 1 aromatic rings. The zero-order valence-electron chi connectivity index (χ0n) is 12.5. The lowest BCUT2D eigenvalue weighted by Crippen LogP contribution is -2.41. The largest absolute Gasteiger partial charge is 0.355 e. The average molecular weight is 356 g/mol. The lowest BCUT2D eigenvalue weighted by Gasteiger charge is -2.31. The van der Waals surface area contributed by atoms with Crippen molar-refractivity contribution < 1.29 is 13.2 Å². The Bertz CT molecular complexity index is 690. The minimum Gasteiger partial charge on any atom is -0.355 e. The number of piperidine rings is 1. The third-order valence-electron chi connectivity index (χ3n) is 3.90. The number of alkyl halides is 1. The molecule has 1 aromatic carbocycles. The van der Waals surface area contributed by atoms with Crippen molar-refractivity contribution in [3.05, 3.63) is 29.8 Å². The number of carbonyl (C=O) groups is 1. The number of nitrogens with one attached hydrogen (secondary N) is 1. The van der Waals surface area contributed by atoms with Gasteiger partial charge in [-0.3, -0.25) is 4.79 Å². The van der Waals surface area contributed by atoms with Crippen LogP contribution in [0.5, 0.6) is 0 Å². The topological polar surface area (TPSA) is 90.3 Å². The molecular weight excluding hydrogens is 338 g/mol.